The Morgan fingerprint density at radius 3 is 2.96 bits per heavy atom. The van der Waals surface area contributed by atoms with Crippen molar-refractivity contribution in [1.29, 1.82) is 5.26 Å². The molecule has 1 aromatic carbocycles. The Hall–Kier alpha value is -2.52. The van der Waals surface area contributed by atoms with Gasteiger partial charge in [-0.05, 0) is 29.9 Å². The molecule has 0 bridgehead atoms. The van der Waals surface area contributed by atoms with E-state index in [1.54, 1.807) is 22.6 Å². The Labute approximate surface area is 152 Å². The highest BCUT2D eigenvalue weighted by Crippen LogP contribution is 2.11. The van der Waals surface area contributed by atoms with Crippen LogP contribution in [0.3, 0.4) is 0 Å². The third kappa shape index (κ3) is 7.73. The van der Waals surface area contributed by atoms with Gasteiger partial charge in [0.25, 0.3) is 0 Å². The number of aromatic nitrogens is 2. The fraction of sp³-hybridized carbons (Fsp3) is 0.316. The maximum atomic E-state index is 11.9. The largest absolute Gasteiger partial charge is 0.323 e. The Balaban J connectivity index is 1.63. The number of hydrogen-bond donors (Lipinski definition) is 1. The van der Waals surface area contributed by atoms with Gasteiger partial charge >= 0.3 is 0 Å². The number of thioether (sulfide) groups is 1. The second-order valence-electron chi connectivity index (χ2n) is 5.49. The Kier molecular flexibility index (Phi) is 8.36. The molecule has 1 amide bonds. The van der Waals surface area contributed by atoms with Gasteiger partial charge < -0.3 is 5.32 Å². The van der Waals surface area contributed by atoms with Crippen LogP contribution < -0.4 is 5.32 Å². The van der Waals surface area contributed by atoms with Gasteiger partial charge in [-0.1, -0.05) is 30.3 Å². The number of nitriles is 1. The van der Waals surface area contributed by atoms with Gasteiger partial charge in [0.2, 0.25) is 5.91 Å². The van der Waals surface area contributed by atoms with Gasteiger partial charge in [-0.3, -0.25) is 9.48 Å². The van der Waals surface area contributed by atoms with Gasteiger partial charge in [0.05, 0.1) is 18.0 Å². The van der Waals surface area contributed by atoms with Crippen LogP contribution in [0.15, 0.2) is 48.1 Å². The molecule has 1 heterocycles. The first-order valence-electron chi connectivity index (χ1n) is 8.30. The van der Waals surface area contributed by atoms with Gasteiger partial charge in [-0.2, -0.15) is 10.4 Å². The number of hydrogen-bond acceptors (Lipinski definition) is 4. The first-order chi connectivity index (χ1) is 12.3. The zero-order valence-electron chi connectivity index (χ0n) is 14.1. The summed E-state index contributed by atoms with van der Waals surface area (Å²) in [6.45, 7) is 0.762. The van der Waals surface area contributed by atoms with E-state index in [1.165, 1.54) is 0 Å². The number of carbonyl (C=O) groups excluding carboxylic acids is 1. The third-order valence-corrected chi connectivity index (χ3v) is 4.21. The van der Waals surface area contributed by atoms with Crippen molar-refractivity contribution < 1.29 is 4.79 Å². The summed E-state index contributed by atoms with van der Waals surface area (Å²) in [5, 5.41) is 17.6. The molecule has 2 aromatic rings. The molecule has 0 radical (unpaired) electrons. The van der Waals surface area contributed by atoms with Crippen molar-refractivity contribution in [1.82, 2.24) is 9.78 Å². The number of anilines is 1. The number of nitrogens with one attached hydrogen (secondary N) is 1. The van der Waals surface area contributed by atoms with Gasteiger partial charge in [-0.25, -0.2) is 0 Å². The highest BCUT2D eigenvalue weighted by Gasteiger charge is 2.04. The number of rotatable bonds is 10. The Morgan fingerprint density at radius 2 is 2.16 bits per heavy atom. The minimum Gasteiger partial charge on any atom is -0.323 e. The van der Waals surface area contributed by atoms with Crippen LogP contribution in [0, 0.1) is 11.3 Å². The molecule has 0 aliphatic rings. The maximum Gasteiger partial charge on any atom is 0.225 e. The van der Waals surface area contributed by atoms with E-state index in [2.05, 4.69) is 16.5 Å². The second kappa shape index (κ2) is 11.1. The summed E-state index contributed by atoms with van der Waals surface area (Å²) in [4.78, 5) is 11.9. The zero-order valence-corrected chi connectivity index (χ0v) is 14.9. The minimum atomic E-state index is -0.00959. The molecule has 1 aromatic heterocycles. The fourth-order valence-electron chi connectivity index (χ4n) is 2.16. The van der Waals surface area contributed by atoms with Crippen LogP contribution in [0.2, 0.25) is 0 Å². The lowest BCUT2D eigenvalue weighted by molar-refractivity contribution is -0.115. The molecule has 5 nitrogen and oxygen atoms in total. The number of amides is 1. The highest BCUT2D eigenvalue weighted by molar-refractivity contribution is 8.02. The zero-order chi connectivity index (χ0) is 17.7. The average Bonchev–Trinajstić information content (AvgIpc) is 3.06. The first-order valence-corrected chi connectivity index (χ1v) is 9.35. The normalized spacial score (nSPS) is 10.7. The summed E-state index contributed by atoms with van der Waals surface area (Å²) in [5.41, 5.74) is 1.87. The smallest absolute Gasteiger partial charge is 0.225 e. The van der Waals surface area contributed by atoms with E-state index < -0.39 is 0 Å². The number of nitrogens with zero attached hydrogens (tertiary/aromatic N) is 3. The first kappa shape index (κ1) is 18.8. The van der Waals surface area contributed by atoms with Crippen molar-refractivity contribution in [2.75, 3.05) is 11.1 Å². The van der Waals surface area contributed by atoms with Crippen molar-refractivity contribution in [2.45, 2.75) is 32.2 Å². The topological polar surface area (TPSA) is 70.7 Å². The number of benzene rings is 1. The van der Waals surface area contributed by atoms with Crippen molar-refractivity contribution >= 4 is 29.4 Å². The molecule has 0 fully saturated rings. The van der Waals surface area contributed by atoms with E-state index in [9.17, 15) is 4.79 Å². The van der Waals surface area contributed by atoms with Crippen molar-refractivity contribution in [3.05, 3.63) is 53.7 Å². The molecule has 0 aliphatic carbocycles. The third-order valence-electron chi connectivity index (χ3n) is 3.45. The molecule has 0 atom stereocenters. The van der Waals surface area contributed by atoms with Crippen molar-refractivity contribution in [2.24, 2.45) is 0 Å². The quantitative estimate of drug-likeness (QED) is 0.645. The van der Waals surface area contributed by atoms with Crippen LogP contribution >= 0.6 is 11.8 Å². The summed E-state index contributed by atoms with van der Waals surface area (Å²) >= 11 is 1.62. The van der Waals surface area contributed by atoms with Crippen LogP contribution in [-0.2, 0) is 11.3 Å². The molecule has 0 spiro atoms. The summed E-state index contributed by atoms with van der Waals surface area (Å²) in [6, 6.07) is 12.2. The molecule has 130 valence electrons. The van der Waals surface area contributed by atoms with Crippen LogP contribution in [0.4, 0.5) is 5.69 Å². The van der Waals surface area contributed by atoms with E-state index >= 15 is 0 Å². The SMILES string of the molecule is N#CCCCCn1cc(NC(=O)CCS/C=C\c2ccccc2)cn1. The van der Waals surface area contributed by atoms with E-state index in [0.29, 0.717) is 12.8 Å². The predicted molar refractivity (Wildman–Crippen MR) is 103 cm³/mol. The molecule has 0 saturated carbocycles. The van der Waals surface area contributed by atoms with Gasteiger partial charge in [0, 0.05) is 31.3 Å². The molecular formula is C19H22N4OS. The minimum absolute atomic E-state index is 0.00959. The molecule has 6 heteroatoms. The van der Waals surface area contributed by atoms with E-state index in [1.807, 2.05) is 48.0 Å². The summed E-state index contributed by atoms with van der Waals surface area (Å²) in [5.74, 6) is 0.724. The van der Waals surface area contributed by atoms with Gasteiger partial charge in [0.1, 0.15) is 0 Å². The molecule has 0 saturated heterocycles. The standard InChI is InChI=1S/C19H22N4OS/c20-11-5-2-6-12-23-16-18(15-21-23)22-19(24)10-14-25-13-9-17-7-3-1-4-8-17/h1,3-4,7-9,13,15-16H,2,5-6,10,12,14H2,(H,22,24)/b13-9-. The Morgan fingerprint density at radius 1 is 1.32 bits per heavy atom. The lowest BCUT2D eigenvalue weighted by Gasteiger charge is -2.01. The fourth-order valence-corrected chi connectivity index (χ4v) is 2.85. The summed E-state index contributed by atoms with van der Waals surface area (Å²) in [6.07, 6.45) is 8.33. The number of carbonyl (C=O) groups is 1. The van der Waals surface area contributed by atoms with Crippen LogP contribution in [0.1, 0.15) is 31.2 Å². The Bertz CT molecular complexity index is 719. The lowest BCUT2D eigenvalue weighted by Crippen LogP contribution is -2.11. The van der Waals surface area contributed by atoms with Crippen molar-refractivity contribution in [3.63, 3.8) is 0 Å². The van der Waals surface area contributed by atoms with Gasteiger partial charge in [0.15, 0.2) is 0 Å². The summed E-state index contributed by atoms with van der Waals surface area (Å²) < 4.78 is 1.80. The van der Waals surface area contributed by atoms with Crippen molar-refractivity contribution in [3.8, 4) is 6.07 Å². The maximum absolute atomic E-state index is 11.9. The molecular weight excluding hydrogens is 332 g/mol. The lowest BCUT2D eigenvalue weighted by atomic mass is 10.2. The van der Waals surface area contributed by atoms with E-state index in [4.69, 9.17) is 5.26 Å². The van der Waals surface area contributed by atoms with Crippen LogP contribution in [-0.4, -0.2) is 21.4 Å². The average molecular weight is 354 g/mol. The summed E-state index contributed by atoms with van der Waals surface area (Å²) in [7, 11) is 0. The molecule has 0 aliphatic heterocycles. The molecule has 1 N–H and O–H groups in total. The molecule has 2 rings (SSSR count). The molecule has 25 heavy (non-hydrogen) atoms. The predicted octanol–water partition coefficient (Wildman–Crippen LogP) is 4.31. The highest BCUT2D eigenvalue weighted by atomic mass is 32.2. The van der Waals surface area contributed by atoms with Crippen LogP contribution in [0.5, 0.6) is 0 Å². The van der Waals surface area contributed by atoms with E-state index in [0.717, 1.165) is 36.4 Å². The van der Waals surface area contributed by atoms with E-state index in [-0.39, 0.29) is 5.91 Å². The monoisotopic (exact) mass is 354 g/mol. The second-order valence-corrected chi connectivity index (χ2v) is 6.50. The van der Waals surface area contributed by atoms with Crippen LogP contribution in [0.25, 0.3) is 6.08 Å². The number of unbranched alkanes of at least 4 members (excludes halogenated alkanes) is 2. The molecule has 0 unspecified atom stereocenters. The van der Waals surface area contributed by atoms with Gasteiger partial charge in [-0.15, -0.1) is 11.8 Å². The number of aryl methyl sites for hydroxylation is 1.